The molecule has 0 aliphatic rings. The highest BCUT2D eigenvalue weighted by Gasteiger charge is 2.17. The Labute approximate surface area is 182 Å². The van der Waals surface area contributed by atoms with Crippen molar-refractivity contribution in [2.75, 3.05) is 6.61 Å². The van der Waals surface area contributed by atoms with Crippen molar-refractivity contribution < 1.29 is 13.2 Å². The van der Waals surface area contributed by atoms with Gasteiger partial charge in [0.2, 0.25) is 10.0 Å². The van der Waals surface area contributed by atoms with Gasteiger partial charge in [-0.2, -0.15) is 5.10 Å². The van der Waals surface area contributed by atoms with Gasteiger partial charge in [0.05, 0.1) is 22.9 Å². The van der Waals surface area contributed by atoms with E-state index in [2.05, 4.69) is 4.72 Å². The van der Waals surface area contributed by atoms with Gasteiger partial charge in [0.25, 0.3) is 0 Å². The van der Waals surface area contributed by atoms with Crippen LogP contribution in [0.3, 0.4) is 0 Å². The molecule has 0 aliphatic heterocycles. The number of nitrogens with zero attached hydrogens (tertiary/aromatic N) is 2. The molecule has 1 N–H and O–H groups in total. The summed E-state index contributed by atoms with van der Waals surface area (Å²) in [6, 6.07) is 25.8. The maximum Gasteiger partial charge on any atom is 0.240 e. The molecule has 0 unspecified atom stereocenters. The molecule has 3 aromatic carbocycles. The fraction of sp³-hybridized carbons (Fsp3) is 0.125. The van der Waals surface area contributed by atoms with Gasteiger partial charge >= 0.3 is 0 Å². The van der Waals surface area contributed by atoms with Gasteiger partial charge in [0.1, 0.15) is 5.75 Å². The van der Waals surface area contributed by atoms with Crippen molar-refractivity contribution >= 4 is 10.0 Å². The third kappa shape index (κ3) is 4.84. The molecule has 0 atom stereocenters. The van der Waals surface area contributed by atoms with Gasteiger partial charge in [-0.3, -0.25) is 0 Å². The summed E-state index contributed by atoms with van der Waals surface area (Å²) in [6.07, 6.45) is 1.86. The summed E-state index contributed by atoms with van der Waals surface area (Å²) < 4.78 is 35.5. The third-order valence-electron chi connectivity index (χ3n) is 4.76. The molecule has 0 bridgehead atoms. The maximum atomic E-state index is 12.8. The SMILES string of the molecule is CCOc1ccc(S(=O)(=O)NCc2cn(-c3ccccc3)nc2-c2ccccc2)cc1. The molecule has 31 heavy (non-hydrogen) atoms. The van der Waals surface area contributed by atoms with Crippen LogP contribution in [0.4, 0.5) is 0 Å². The minimum Gasteiger partial charge on any atom is -0.494 e. The van der Waals surface area contributed by atoms with Gasteiger partial charge in [0.15, 0.2) is 0 Å². The number of benzene rings is 3. The van der Waals surface area contributed by atoms with E-state index in [0.717, 1.165) is 22.5 Å². The molecule has 6 nitrogen and oxygen atoms in total. The Hall–Kier alpha value is -3.42. The van der Waals surface area contributed by atoms with Gasteiger partial charge in [-0.05, 0) is 43.3 Å². The Kier molecular flexibility index (Phi) is 6.16. The summed E-state index contributed by atoms with van der Waals surface area (Å²) in [6.45, 7) is 2.52. The van der Waals surface area contributed by atoms with E-state index in [4.69, 9.17) is 9.84 Å². The predicted octanol–water partition coefficient (Wildman–Crippen LogP) is 4.42. The summed E-state index contributed by atoms with van der Waals surface area (Å²) in [5.74, 6) is 0.636. The molecule has 0 aliphatic carbocycles. The van der Waals surface area contributed by atoms with E-state index >= 15 is 0 Å². The smallest absolute Gasteiger partial charge is 0.240 e. The van der Waals surface area contributed by atoms with E-state index in [9.17, 15) is 8.42 Å². The van der Waals surface area contributed by atoms with Crippen LogP contribution in [0.15, 0.2) is 96.0 Å². The summed E-state index contributed by atoms with van der Waals surface area (Å²) in [4.78, 5) is 0.188. The number of sulfonamides is 1. The third-order valence-corrected chi connectivity index (χ3v) is 6.17. The molecule has 4 aromatic rings. The molecule has 4 rings (SSSR count). The van der Waals surface area contributed by atoms with Crippen molar-refractivity contribution in [3.8, 4) is 22.7 Å². The zero-order valence-corrected chi connectivity index (χ0v) is 17.9. The largest absolute Gasteiger partial charge is 0.494 e. The molecular formula is C24H23N3O3S. The molecule has 1 heterocycles. The average molecular weight is 434 g/mol. The molecule has 0 fully saturated rings. The van der Waals surface area contributed by atoms with Crippen molar-refractivity contribution in [1.82, 2.24) is 14.5 Å². The minimum absolute atomic E-state index is 0.118. The second kappa shape index (κ2) is 9.16. The van der Waals surface area contributed by atoms with Crippen LogP contribution in [0.1, 0.15) is 12.5 Å². The molecule has 0 radical (unpaired) electrons. The minimum atomic E-state index is -3.69. The number of nitrogens with one attached hydrogen (secondary N) is 1. The first-order valence-electron chi connectivity index (χ1n) is 9.99. The number of hydrogen-bond acceptors (Lipinski definition) is 4. The fourth-order valence-corrected chi connectivity index (χ4v) is 4.24. The van der Waals surface area contributed by atoms with Crippen molar-refractivity contribution in [2.45, 2.75) is 18.4 Å². The number of rotatable bonds is 8. The summed E-state index contributed by atoms with van der Waals surface area (Å²) in [5, 5.41) is 4.72. The quantitative estimate of drug-likeness (QED) is 0.447. The summed E-state index contributed by atoms with van der Waals surface area (Å²) in [5.41, 5.74) is 3.34. The molecule has 0 spiro atoms. The average Bonchev–Trinajstić information content (AvgIpc) is 3.24. The topological polar surface area (TPSA) is 73.2 Å². The lowest BCUT2D eigenvalue weighted by Crippen LogP contribution is -2.23. The van der Waals surface area contributed by atoms with Crippen molar-refractivity contribution in [3.63, 3.8) is 0 Å². The van der Waals surface area contributed by atoms with Gasteiger partial charge in [-0.1, -0.05) is 48.5 Å². The molecule has 0 amide bonds. The van der Waals surface area contributed by atoms with E-state index in [0.29, 0.717) is 12.4 Å². The van der Waals surface area contributed by atoms with E-state index in [1.54, 1.807) is 28.9 Å². The van der Waals surface area contributed by atoms with Crippen LogP contribution in [0.2, 0.25) is 0 Å². The molecule has 0 saturated heterocycles. The Morgan fingerprint density at radius 2 is 1.55 bits per heavy atom. The molecule has 158 valence electrons. The number of para-hydroxylation sites is 1. The molecule has 0 saturated carbocycles. The highest BCUT2D eigenvalue weighted by molar-refractivity contribution is 7.89. The summed E-state index contributed by atoms with van der Waals surface area (Å²) >= 11 is 0. The van der Waals surface area contributed by atoms with Crippen LogP contribution in [-0.2, 0) is 16.6 Å². The molecular weight excluding hydrogens is 410 g/mol. The van der Waals surface area contributed by atoms with Crippen molar-refractivity contribution in [1.29, 1.82) is 0 Å². The van der Waals surface area contributed by atoms with Crippen LogP contribution in [-0.4, -0.2) is 24.8 Å². The van der Waals surface area contributed by atoms with Crippen LogP contribution >= 0.6 is 0 Å². The second-order valence-corrected chi connectivity index (χ2v) is 8.65. The lowest BCUT2D eigenvalue weighted by atomic mass is 10.1. The highest BCUT2D eigenvalue weighted by Crippen LogP contribution is 2.24. The Balaban J connectivity index is 1.62. The molecule has 1 aromatic heterocycles. The van der Waals surface area contributed by atoms with E-state index in [-0.39, 0.29) is 11.4 Å². The monoisotopic (exact) mass is 433 g/mol. The highest BCUT2D eigenvalue weighted by atomic mass is 32.2. The van der Waals surface area contributed by atoms with Gasteiger partial charge in [0, 0.05) is 23.9 Å². The Bertz CT molecular complexity index is 1240. The van der Waals surface area contributed by atoms with E-state index in [1.807, 2.05) is 73.8 Å². The van der Waals surface area contributed by atoms with Crippen LogP contribution in [0, 0.1) is 0 Å². The molecule has 7 heteroatoms. The Morgan fingerprint density at radius 3 is 2.19 bits per heavy atom. The summed E-state index contributed by atoms with van der Waals surface area (Å²) in [7, 11) is -3.69. The maximum absolute atomic E-state index is 12.8. The second-order valence-electron chi connectivity index (χ2n) is 6.88. The predicted molar refractivity (Wildman–Crippen MR) is 121 cm³/mol. The van der Waals surface area contributed by atoms with Gasteiger partial charge in [-0.15, -0.1) is 0 Å². The Morgan fingerprint density at radius 1 is 0.903 bits per heavy atom. The van der Waals surface area contributed by atoms with Gasteiger partial charge in [-0.25, -0.2) is 17.8 Å². The van der Waals surface area contributed by atoms with Crippen molar-refractivity contribution in [2.24, 2.45) is 0 Å². The van der Waals surface area contributed by atoms with Gasteiger partial charge < -0.3 is 4.74 Å². The lowest BCUT2D eigenvalue weighted by Gasteiger charge is -2.08. The van der Waals surface area contributed by atoms with E-state index < -0.39 is 10.0 Å². The fourth-order valence-electron chi connectivity index (χ4n) is 3.23. The van der Waals surface area contributed by atoms with Crippen LogP contribution in [0.5, 0.6) is 5.75 Å². The number of aromatic nitrogens is 2. The lowest BCUT2D eigenvalue weighted by molar-refractivity contribution is 0.340. The zero-order chi connectivity index (χ0) is 21.7. The standard InChI is InChI=1S/C24H23N3O3S/c1-2-30-22-13-15-23(16-14-22)31(28,29)25-17-20-18-27(21-11-7-4-8-12-21)26-24(20)19-9-5-3-6-10-19/h3-16,18,25H,2,17H2,1H3. The first-order valence-corrected chi connectivity index (χ1v) is 11.5. The van der Waals surface area contributed by atoms with Crippen molar-refractivity contribution in [3.05, 3.63) is 96.7 Å². The van der Waals surface area contributed by atoms with Crippen LogP contribution in [0.25, 0.3) is 16.9 Å². The normalized spacial score (nSPS) is 11.4. The number of ether oxygens (including phenoxy) is 1. The first kappa shape index (κ1) is 20.8. The zero-order valence-electron chi connectivity index (χ0n) is 17.1. The van der Waals surface area contributed by atoms with E-state index in [1.165, 1.54) is 0 Å². The van der Waals surface area contributed by atoms with Crippen LogP contribution < -0.4 is 9.46 Å². The first-order chi connectivity index (χ1) is 15.1. The number of hydrogen-bond donors (Lipinski definition) is 1.